The molecule has 4 aromatic rings. The molecule has 0 atom stereocenters. The third-order valence-electron chi connectivity index (χ3n) is 4.85. The second kappa shape index (κ2) is 7.78. The number of benzene rings is 3. The number of fused-ring (bicyclic) bond motifs is 1. The molecule has 29 heavy (non-hydrogen) atoms. The maximum absolute atomic E-state index is 10.9. The molecule has 7 heteroatoms. The molecule has 0 radical (unpaired) electrons. The molecule has 0 unspecified atom stereocenters. The number of carbonyl (C=O) groups excluding carboxylic acids is 1. The summed E-state index contributed by atoms with van der Waals surface area (Å²) in [5.41, 5.74) is 10.7. The van der Waals surface area contributed by atoms with Crippen molar-refractivity contribution in [3.8, 4) is 22.3 Å². The van der Waals surface area contributed by atoms with Crippen LogP contribution in [0, 0.1) is 0 Å². The number of primary amides is 1. The summed E-state index contributed by atoms with van der Waals surface area (Å²) in [6.07, 6.45) is 1.84. The number of aromatic nitrogens is 2. The first kappa shape index (κ1) is 19.3. The Kier molecular flexibility index (Phi) is 5.18. The molecule has 3 N–H and O–H groups in total. The van der Waals surface area contributed by atoms with Crippen molar-refractivity contribution < 1.29 is 4.79 Å². The molecule has 5 nitrogen and oxygen atoms in total. The number of rotatable bonds is 4. The van der Waals surface area contributed by atoms with Gasteiger partial charge >= 0.3 is 6.03 Å². The Bertz CT molecular complexity index is 1220. The van der Waals surface area contributed by atoms with Crippen LogP contribution >= 0.6 is 23.2 Å². The molecule has 3 aromatic carbocycles. The van der Waals surface area contributed by atoms with Gasteiger partial charge in [-0.3, -0.25) is 4.68 Å². The molecule has 146 valence electrons. The lowest BCUT2D eigenvalue weighted by Gasteiger charge is -2.13. The van der Waals surface area contributed by atoms with Crippen molar-refractivity contribution in [1.82, 2.24) is 15.1 Å². The molecule has 0 spiro atoms. The van der Waals surface area contributed by atoms with Gasteiger partial charge in [0.05, 0.1) is 16.7 Å². The number of amides is 2. The summed E-state index contributed by atoms with van der Waals surface area (Å²) in [6.45, 7) is 0.368. The SMILES string of the molecule is Cn1ncc2c(-c3cc(Cl)cc(-c4ccc(CNC(N)=O)cc4)c3Cl)cccc21. The van der Waals surface area contributed by atoms with E-state index in [2.05, 4.69) is 10.4 Å². The highest BCUT2D eigenvalue weighted by molar-refractivity contribution is 6.38. The largest absolute Gasteiger partial charge is 0.352 e. The van der Waals surface area contributed by atoms with E-state index < -0.39 is 6.03 Å². The predicted octanol–water partition coefficient (Wildman–Crippen LogP) is 5.38. The van der Waals surface area contributed by atoms with Crippen LogP contribution < -0.4 is 11.1 Å². The summed E-state index contributed by atoms with van der Waals surface area (Å²) < 4.78 is 1.83. The number of halogens is 2. The summed E-state index contributed by atoms with van der Waals surface area (Å²) in [7, 11) is 1.91. The maximum atomic E-state index is 10.9. The first-order valence-corrected chi connectivity index (χ1v) is 9.72. The van der Waals surface area contributed by atoms with Gasteiger partial charge < -0.3 is 11.1 Å². The van der Waals surface area contributed by atoms with Crippen LogP contribution in [0.3, 0.4) is 0 Å². The fraction of sp³-hybridized carbons (Fsp3) is 0.0909. The van der Waals surface area contributed by atoms with Gasteiger partial charge in [0, 0.05) is 35.1 Å². The number of hydrogen-bond acceptors (Lipinski definition) is 2. The van der Waals surface area contributed by atoms with E-state index in [4.69, 9.17) is 28.9 Å². The summed E-state index contributed by atoms with van der Waals surface area (Å²) in [5, 5.41) is 9.16. The van der Waals surface area contributed by atoms with Gasteiger partial charge in [-0.05, 0) is 34.9 Å². The number of nitrogens with one attached hydrogen (secondary N) is 1. The van der Waals surface area contributed by atoms with Crippen LogP contribution in [0.4, 0.5) is 4.79 Å². The molecular formula is C22H18Cl2N4O. The van der Waals surface area contributed by atoms with E-state index >= 15 is 0 Å². The van der Waals surface area contributed by atoms with Gasteiger partial charge in [0.2, 0.25) is 0 Å². The smallest absolute Gasteiger partial charge is 0.312 e. The lowest BCUT2D eigenvalue weighted by atomic mass is 9.96. The zero-order chi connectivity index (χ0) is 20.5. The quantitative estimate of drug-likeness (QED) is 0.461. The van der Waals surface area contributed by atoms with Crippen molar-refractivity contribution in [2.24, 2.45) is 12.8 Å². The minimum absolute atomic E-state index is 0.368. The minimum atomic E-state index is -0.554. The lowest BCUT2D eigenvalue weighted by molar-refractivity contribution is 0.248. The molecule has 0 saturated heterocycles. The van der Waals surface area contributed by atoms with E-state index in [-0.39, 0.29) is 0 Å². The average Bonchev–Trinajstić information content (AvgIpc) is 3.09. The third kappa shape index (κ3) is 3.79. The van der Waals surface area contributed by atoms with Crippen LogP contribution in [-0.2, 0) is 13.6 Å². The lowest BCUT2D eigenvalue weighted by Crippen LogP contribution is -2.28. The van der Waals surface area contributed by atoms with Crippen LogP contribution in [0.25, 0.3) is 33.2 Å². The van der Waals surface area contributed by atoms with Gasteiger partial charge in [-0.2, -0.15) is 5.10 Å². The molecular weight excluding hydrogens is 407 g/mol. The van der Waals surface area contributed by atoms with Gasteiger partial charge in [-0.1, -0.05) is 59.6 Å². The van der Waals surface area contributed by atoms with Crippen LogP contribution in [0.5, 0.6) is 0 Å². The fourth-order valence-corrected chi connectivity index (χ4v) is 3.94. The first-order valence-electron chi connectivity index (χ1n) is 8.97. The van der Waals surface area contributed by atoms with E-state index in [9.17, 15) is 4.79 Å². The topological polar surface area (TPSA) is 72.9 Å². The molecule has 0 aliphatic rings. The van der Waals surface area contributed by atoms with Gasteiger partial charge in [-0.15, -0.1) is 0 Å². The van der Waals surface area contributed by atoms with E-state index in [1.54, 1.807) is 0 Å². The number of urea groups is 1. The van der Waals surface area contributed by atoms with Gasteiger partial charge in [-0.25, -0.2) is 4.79 Å². The third-order valence-corrected chi connectivity index (χ3v) is 5.48. The Morgan fingerprint density at radius 2 is 1.79 bits per heavy atom. The molecule has 0 aliphatic carbocycles. The first-order chi connectivity index (χ1) is 13.9. The van der Waals surface area contributed by atoms with E-state index in [1.165, 1.54) is 0 Å². The molecule has 0 aliphatic heterocycles. The van der Waals surface area contributed by atoms with Crippen molar-refractivity contribution in [2.75, 3.05) is 0 Å². The van der Waals surface area contributed by atoms with Crippen molar-refractivity contribution >= 4 is 40.1 Å². The summed E-state index contributed by atoms with van der Waals surface area (Å²) in [5.74, 6) is 0. The van der Waals surface area contributed by atoms with E-state index in [0.29, 0.717) is 16.6 Å². The maximum Gasteiger partial charge on any atom is 0.312 e. The summed E-state index contributed by atoms with van der Waals surface area (Å²) >= 11 is 13.3. The van der Waals surface area contributed by atoms with Gasteiger partial charge in [0.15, 0.2) is 0 Å². The Morgan fingerprint density at radius 1 is 1.07 bits per heavy atom. The Labute approximate surface area is 178 Å². The van der Waals surface area contributed by atoms with Crippen LogP contribution in [-0.4, -0.2) is 15.8 Å². The number of hydrogen-bond donors (Lipinski definition) is 2. The zero-order valence-corrected chi connectivity index (χ0v) is 17.1. The molecule has 0 bridgehead atoms. The molecule has 4 rings (SSSR count). The second-order valence-corrected chi connectivity index (χ2v) is 7.55. The monoisotopic (exact) mass is 424 g/mol. The minimum Gasteiger partial charge on any atom is -0.352 e. The number of nitrogens with two attached hydrogens (primary N) is 1. The number of carbonyl (C=O) groups is 1. The van der Waals surface area contributed by atoms with Crippen molar-refractivity contribution in [3.63, 3.8) is 0 Å². The zero-order valence-electron chi connectivity index (χ0n) is 15.6. The van der Waals surface area contributed by atoms with Gasteiger partial charge in [0.25, 0.3) is 0 Å². The second-order valence-electron chi connectivity index (χ2n) is 6.74. The van der Waals surface area contributed by atoms with E-state index in [0.717, 1.165) is 38.7 Å². The highest BCUT2D eigenvalue weighted by Crippen LogP contribution is 2.41. The highest BCUT2D eigenvalue weighted by atomic mass is 35.5. The normalized spacial score (nSPS) is 11.0. The predicted molar refractivity (Wildman–Crippen MR) is 118 cm³/mol. The van der Waals surface area contributed by atoms with Gasteiger partial charge in [0.1, 0.15) is 0 Å². The Hall–Kier alpha value is -3.02. The van der Waals surface area contributed by atoms with Crippen molar-refractivity contribution in [2.45, 2.75) is 6.54 Å². The number of aryl methyl sites for hydroxylation is 1. The van der Waals surface area contributed by atoms with E-state index in [1.807, 2.05) is 72.5 Å². The molecule has 1 heterocycles. The molecule has 0 fully saturated rings. The van der Waals surface area contributed by atoms with Crippen LogP contribution in [0.1, 0.15) is 5.56 Å². The van der Waals surface area contributed by atoms with Crippen molar-refractivity contribution in [1.29, 1.82) is 0 Å². The molecule has 0 saturated carbocycles. The van der Waals surface area contributed by atoms with Crippen molar-refractivity contribution in [3.05, 3.63) is 76.4 Å². The standard InChI is InChI=1S/C22H18Cl2N4O/c1-28-20-4-2-3-16(19(20)12-27-28)18-10-15(23)9-17(21(18)24)14-7-5-13(6-8-14)11-26-22(25)29/h2-10,12H,11H2,1H3,(H3,25,26,29). The van der Waals surface area contributed by atoms with Crippen LogP contribution in [0.2, 0.25) is 10.0 Å². The summed E-state index contributed by atoms with van der Waals surface area (Å²) in [4.78, 5) is 10.9. The summed E-state index contributed by atoms with van der Waals surface area (Å²) in [6, 6.07) is 16.9. The average molecular weight is 425 g/mol. The Morgan fingerprint density at radius 3 is 2.52 bits per heavy atom. The highest BCUT2D eigenvalue weighted by Gasteiger charge is 2.15. The molecule has 2 amide bonds. The van der Waals surface area contributed by atoms with Crippen LogP contribution in [0.15, 0.2) is 60.8 Å². The Balaban J connectivity index is 1.79. The number of nitrogens with zero attached hydrogens (tertiary/aromatic N) is 2. The fourth-order valence-electron chi connectivity index (χ4n) is 3.40. The molecule has 1 aromatic heterocycles.